The Balaban J connectivity index is 1.77. The first-order valence-electron chi connectivity index (χ1n) is 13.3. The molecule has 2 aromatic carbocycles. The maximum atomic E-state index is 12.9. The fraction of sp³-hybridized carbons (Fsp3) is 0.483. The topological polar surface area (TPSA) is 124 Å². The lowest BCUT2D eigenvalue weighted by Crippen LogP contribution is -2.29. The Labute approximate surface area is 229 Å². The van der Waals surface area contributed by atoms with Crippen LogP contribution in [-0.4, -0.2) is 76.9 Å². The van der Waals surface area contributed by atoms with Gasteiger partial charge in [-0.2, -0.15) is 0 Å². The highest BCUT2D eigenvalue weighted by molar-refractivity contribution is 5.98. The second-order valence-corrected chi connectivity index (χ2v) is 9.33. The van der Waals surface area contributed by atoms with Gasteiger partial charge in [-0.1, -0.05) is 12.1 Å². The van der Waals surface area contributed by atoms with Crippen molar-refractivity contribution < 1.29 is 33.3 Å². The normalized spacial score (nSPS) is 14.4. The molecular weight excluding hydrogens is 502 g/mol. The standard InChI is InChI=1S/C29H39N3O7/c1-6-36-19(4)38-14-12-32-28(34)21-8-10-23-22-9-7-20(27(33)31-11-13-37-18(2)3)15-24(22)26(25(23)16-21)17-39-29(35)30-5/h7-10,15-16,18-19,26H,6,11-14,17H2,1-5H3,(H,30,35)(H,31,33)(H,32,34). The molecule has 39 heavy (non-hydrogen) atoms. The summed E-state index contributed by atoms with van der Waals surface area (Å²) in [5.41, 5.74) is 4.54. The molecule has 1 aliphatic rings. The highest BCUT2D eigenvalue weighted by atomic mass is 16.7. The number of nitrogens with one attached hydrogen (secondary N) is 3. The minimum atomic E-state index is -0.556. The number of carbonyl (C=O) groups is 3. The van der Waals surface area contributed by atoms with Gasteiger partial charge in [0.2, 0.25) is 0 Å². The average molecular weight is 542 g/mol. The Morgan fingerprint density at radius 2 is 1.36 bits per heavy atom. The number of amides is 3. The molecule has 0 aromatic heterocycles. The zero-order valence-corrected chi connectivity index (χ0v) is 23.3. The summed E-state index contributed by atoms with van der Waals surface area (Å²) >= 11 is 0. The molecule has 0 spiro atoms. The largest absolute Gasteiger partial charge is 0.449 e. The van der Waals surface area contributed by atoms with E-state index in [-0.39, 0.29) is 36.7 Å². The van der Waals surface area contributed by atoms with E-state index in [9.17, 15) is 14.4 Å². The van der Waals surface area contributed by atoms with Gasteiger partial charge in [0.25, 0.3) is 11.8 Å². The van der Waals surface area contributed by atoms with Gasteiger partial charge in [0.05, 0.1) is 19.3 Å². The molecule has 2 atom stereocenters. The molecule has 212 valence electrons. The van der Waals surface area contributed by atoms with Gasteiger partial charge in [-0.3, -0.25) is 9.59 Å². The Bertz CT molecular complexity index is 1150. The number of rotatable bonds is 14. The number of hydrogen-bond acceptors (Lipinski definition) is 7. The molecule has 10 heteroatoms. The quantitative estimate of drug-likeness (QED) is 0.247. The summed E-state index contributed by atoms with van der Waals surface area (Å²) in [5, 5.41) is 8.19. The van der Waals surface area contributed by atoms with Crippen molar-refractivity contribution in [1.29, 1.82) is 0 Å². The zero-order valence-electron chi connectivity index (χ0n) is 23.3. The maximum absolute atomic E-state index is 12.9. The van der Waals surface area contributed by atoms with Crippen molar-refractivity contribution in [3.63, 3.8) is 0 Å². The molecule has 10 nitrogen and oxygen atoms in total. The van der Waals surface area contributed by atoms with E-state index >= 15 is 0 Å². The van der Waals surface area contributed by atoms with Gasteiger partial charge < -0.3 is 34.9 Å². The molecule has 0 saturated heterocycles. The van der Waals surface area contributed by atoms with Crippen LogP contribution in [0.15, 0.2) is 36.4 Å². The van der Waals surface area contributed by atoms with Crippen LogP contribution in [0.4, 0.5) is 4.79 Å². The monoisotopic (exact) mass is 541 g/mol. The Morgan fingerprint density at radius 3 is 1.85 bits per heavy atom. The van der Waals surface area contributed by atoms with Gasteiger partial charge in [-0.15, -0.1) is 0 Å². The fourth-order valence-electron chi connectivity index (χ4n) is 4.39. The molecule has 0 radical (unpaired) electrons. The van der Waals surface area contributed by atoms with Crippen LogP contribution in [0.25, 0.3) is 11.1 Å². The summed E-state index contributed by atoms with van der Waals surface area (Å²) in [6.45, 7) is 9.65. The number of fused-ring (bicyclic) bond motifs is 3. The molecule has 0 saturated carbocycles. The molecule has 0 aliphatic heterocycles. The second kappa shape index (κ2) is 14.6. The van der Waals surface area contributed by atoms with Crippen LogP contribution in [0, 0.1) is 0 Å². The first kappa shape index (κ1) is 30.1. The van der Waals surface area contributed by atoms with Crippen LogP contribution in [0.1, 0.15) is 65.5 Å². The molecule has 3 amide bonds. The smallest absolute Gasteiger partial charge is 0.406 e. The average Bonchev–Trinajstić information content (AvgIpc) is 3.23. The fourth-order valence-corrected chi connectivity index (χ4v) is 4.39. The summed E-state index contributed by atoms with van der Waals surface area (Å²) in [4.78, 5) is 37.5. The summed E-state index contributed by atoms with van der Waals surface area (Å²) in [6, 6.07) is 11.0. The third kappa shape index (κ3) is 8.26. The van der Waals surface area contributed by atoms with Crippen LogP contribution in [0.2, 0.25) is 0 Å². The molecule has 0 bridgehead atoms. The molecule has 3 N–H and O–H groups in total. The van der Waals surface area contributed by atoms with Gasteiger partial charge in [0.15, 0.2) is 6.29 Å². The van der Waals surface area contributed by atoms with E-state index in [2.05, 4.69) is 16.0 Å². The first-order chi connectivity index (χ1) is 18.7. The number of alkyl carbamates (subject to hydrolysis) is 1. The van der Waals surface area contributed by atoms with Gasteiger partial charge in [0.1, 0.15) is 6.61 Å². The second-order valence-electron chi connectivity index (χ2n) is 9.33. The Morgan fingerprint density at radius 1 is 0.821 bits per heavy atom. The molecule has 0 fully saturated rings. The molecular formula is C29H39N3O7. The van der Waals surface area contributed by atoms with Crippen molar-refractivity contribution in [3.8, 4) is 11.1 Å². The first-order valence-corrected chi connectivity index (χ1v) is 13.3. The highest BCUT2D eigenvalue weighted by Crippen LogP contribution is 2.45. The van der Waals surface area contributed by atoms with E-state index in [0.29, 0.717) is 44.0 Å². The maximum Gasteiger partial charge on any atom is 0.406 e. The summed E-state index contributed by atoms with van der Waals surface area (Å²) in [5.74, 6) is -0.795. The third-order valence-corrected chi connectivity index (χ3v) is 6.23. The summed E-state index contributed by atoms with van der Waals surface area (Å²) in [6.07, 6.45) is -0.808. The predicted octanol–water partition coefficient (Wildman–Crippen LogP) is 3.44. The van der Waals surface area contributed by atoms with Crippen LogP contribution in [0.3, 0.4) is 0 Å². The van der Waals surface area contributed by atoms with Crippen LogP contribution in [0.5, 0.6) is 0 Å². The Hall–Kier alpha value is -3.47. The van der Waals surface area contributed by atoms with Crippen molar-refractivity contribution in [2.45, 2.75) is 46.0 Å². The highest BCUT2D eigenvalue weighted by Gasteiger charge is 2.31. The minimum Gasteiger partial charge on any atom is -0.449 e. The van der Waals surface area contributed by atoms with Crippen LogP contribution < -0.4 is 16.0 Å². The molecule has 1 aliphatic carbocycles. The van der Waals surface area contributed by atoms with E-state index in [4.69, 9.17) is 18.9 Å². The molecule has 2 unspecified atom stereocenters. The van der Waals surface area contributed by atoms with Crippen molar-refractivity contribution in [2.75, 3.05) is 46.6 Å². The van der Waals surface area contributed by atoms with E-state index < -0.39 is 6.09 Å². The summed E-state index contributed by atoms with van der Waals surface area (Å²) in [7, 11) is 1.49. The number of hydrogen-bond donors (Lipinski definition) is 3. The van der Waals surface area contributed by atoms with Crippen LogP contribution in [-0.2, 0) is 18.9 Å². The van der Waals surface area contributed by atoms with Crippen molar-refractivity contribution >= 4 is 17.9 Å². The number of benzene rings is 2. The predicted molar refractivity (Wildman–Crippen MR) is 147 cm³/mol. The lowest BCUT2D eigenvalue weighted by molar-refractivity contribution is -0.125. The number of ether oxygens (including phenoxy) is 4. The zero-order chi connectivity index (χ0) is 28.4. The van der Waals surface area contributed by atoms with Gasteiger partial charge in [-0.25, -0.2) is 4.79 Å². The molecule has 0 heterocycles. The number of carbonyl (C=O) groups excluding carboxylic acids is 3. The SMILES string of the molecule is CCOC(C)OCCNC(=O)c1ccc2c(c1)C(COC(=O)NC)c1cc(C(=O)NCCOC(C)C)ccc1-2. The van der Waals surface area contributed by atoms with E-state index in [1.165, 1.54) is 7.05 Å². The summed E-state index contributed by atoms with van der Waals surface area (Å²) < 4.78 is 21.7. The van der Waals surface area contributed by atoms with E-state index in [0.717, 1.165) is 22.3 Å². The van der Waals surface area contributed by atoms with Gasteiger partial charge in [-0.05, 0) is 74.2 Å². The van der Waals surface area contributed by atoms with Crippen molar-refractivity contribution in [3.05, 3.63) is 58.7 Å². The van der Waals surface area contributed by atoms with Crippen molar-refractivity contribution in [1.82, 2.24) is 16.0 Å². The van der Waals surface area contributed by atoms with Gasteiger partial charge >= 0.3 is 6.09 Å². The van der Waals surface area contributed by atoms with E-state index in [1.807, 2.05) is 45.0 Å². The van der Waals surface area contributed by atoms with Gasteiger partial charge in [0, 0.05) is 43.8 Å². The van der Waals surface area contributed by atoms with Crippen LogP contribution >= 0.6 is 0 Å². The van der Waals surface area contributed by atoms with Crippen molar-refractivity contribution in [2.24, 2.45) is 0 Å². The lowest BCUT2D eigenvalue weighted by Gasteiger charge is -2.16. The van der Waals surface area contributed by atoms with E-state index in [1.54, 1.807) is 19.1 Å². The minimum absolute atomic E-state index is 0.0567. The molecule has 3 rings (SSSR count). The Kier molecular flexibility index (Phi) is 11.3. The third-order valence-electron chi connectivity index (χ3n) is 6.23. The lowest BCUT2D eigenvalue weighted by atomic mass is 9.95. The molecule has 2 aromatic rings.